The maximum atomic E-state index is 12.8. The zero-order chi connectivity index (χ0) is 23.0. The molecule has 2 heterocycles. The lowest BCUT2D eigenvalue weighted by Gasteiger charge is -2.16. The topological polar surface area (TPSA) is 113 Å². The first-order valence-corrected chi connectivity index (χ1v) is 10.4. The molecular formula is C24H24N6O3. The Labute approximate surface area is 190 Å². The Kier molecular flexibility index (Phi) is 6.79. The van der Waals surface area contributed by atoms with E-state index >= 15 is 0 Å². The Bertz CT molecular complexity index is 1250. The Hall–Kier alpha value is -4.40. The van der Waals surface area contributed by atoms with Crippen molar-refractivity contribution in [3.05, 3.63) is 90.1 Å². The number of hydrogen-bond donors (Lipinski definition) is 3. The van der Waals surface area contributed by atoms with E-state index in [9.17, 15) is 9.59 Å². The summed E-state index contributed by atoms with van der Waals surface area (Å²) in [5, 5.41) is 7.73. The molecule has 9 nitrogen and oxygen atoms in total. The Morgan fingerprint density at radius 3 is 2.76 bits per heavy atom. The molecule has 0 unspecified atom stereocenters. The highest BCUT2D eigenvalue weighted by molar-refractivity contribution is 5.99. The van der Waals surface area contributed by atoms with Crippen molar-refractivity contribution in [2.45, 2.75) is 19.1 Å². The van der Waals surface area contributed by atoms with Crippen molar-refractivity contribution in [2.75, 3.05) is 0 Å². The van der Waals surface area contributed by atoms with E-state index in [2.05, 4.69) is 25.8 Å². The molecule has 4 rings (SSSR count). The predicted octanol–water partition coefficient (Wildman–Crippen LogP) is 2.89. The second-order valence-corrected chi connectivity index (χ2v) is 7.49. The number of hydrogen-bond acceptors (Lipinski definition) is 5. The Morgan fingerprint density at radius 2 is 1.97 bits per heavy atom. The molecule has 0 spiro atoms. The molecule has 2 aromatic heterocycles. The summed E-state index contributed by atoms with van der Waals surface area (Å²) in [6, 6.07) is 16.3. The molecule has 2 aromatic carbocycles. The van der Waals surface area contributed by atoms with E-state index in [0.717, 1.165) is 22.0 Å². The van der Waals surface area contributed by atoms with Gasteiger partial charge in [-0.25, -0.2) is 15.2 Å². The number of imidazole rings is 1. The van der Waals surface area contributed by atoms with Crippen LogP contribution < -0.4 is 10.7 Å². The lowest BCUT2D eigenvalue weighted by molar-refractivity contribution is -0.123. The van der Waals surface area contributed by atoms with Crippen molar-refractivity contribution in [3.8, 4) is 0 Å². The maximum absolute atomic E-state index is 12.8. The summed E-state index contributed by atoms with van der Waals surface area (Å²) in [6.45, 7) is 0.101. The molecule has 9 heteroatoms. The number of benzene rings is 2. The Balaban J connectivity index is 1.40. The van der Waals surface area contributed by atoms with Crippen LogP contribution in [0, 0.1) is 0 Å². The minimum absolute atomic E-state index is 0.101. The van der Waals surface area contributed by atoms with Crippen molar-refractivity contribution in [1.29, 1.82) is 0 Å². The van der Waals surface area contributed by atoms with E-state index in [1.165, 1.54) is 6.33 Å². The largest absolute Gasteiger partial charge is 0.445 e. The number of fused-ring (bicyclic) bond motifs is 1. The van der Waals surface area contributed by atoms with Crippen molar-refractivity contribution < 1.29 is 14.3 Å². The standard InChI is InChI=1S/C24H24N6O3/c1-30-14-18(20-9-5-6-10-22(20)30)12-27-29-23(31)21(11-19-13-25-16-26-19)28-24(32)33-15-17-7-3-2-4-8-17/h2-10,12-14,16,21H,11,15H2,1H3,(H,25,26)(H,28,32)(H,29,31)/b27-12-/t21-/m0/s1. The van der Waals surface area contributed by atoms with Crippen LogP contribution in [0.15, 0.2) is 78.4 Å². The molecule has 0 bridgehead atoms. The minimum Gasteiger partial charge on any atom is -0.445 e. The normalized spacial score (nSPS) is 12.0. The van der Waals surface area contributed by atoms with Crippen LogP contribution in [0.1, 0.15) is 16.8 Å². The predicted molar refractivity (Wildman–Crippen MR) is 124 cm³/mol. The summed E-state index contributed by atoms with van der Waals surface area (Å²) in [7, 11) is 1.95. The van der Waals surface area contributed by atoms with Crippen molar-refractivity contribution >= 4 is 29.1 Å². The number of para-hydroxylation sites is 1. The summed E-state index contributed by atoms with van der Waals surface area (Å²) in [5.41, 5.74) is 5.98. The molecule has 0 saturated carbocycles. The van der Waals surface area contributed by atoms with Crippen LogP contribution in [0.5, 0.6) is 0 Å². The van der Waals surface area contributed by atoms with E-state index < -0.39 is 18.0 Å². The molecule has 168 valence electrons. The number of rotatable bonds is 8. The van der Waals surface area contributed by atoms with Gasteiger partial charge in [-0.15, -0.1) is 0 Å². The van der Waals surface area contributed by atoms with E-state index in [4.69, 9.17) is 4.74 Å². The fraction of sp³-hybridized carbons (Fsp3) is 0.167. The van der Waals surface area contributed by atoms with Crippen LogP contribution in [0.3, 0.4) is 0 Å². The quantitative estimate of drug-likeness (QED) is 0.286. The van der Waals surface area contributed by atoms with Gasteiger partial charge in [0.05, 0.1) is 12.5 Å². The van der Waals surface area contributed by atoms with Gasteiger partial charge in [0.25, 0.3) is 5.91 Å². The van der Waals surface area contributed by atoms with Gasteiger partial charge in [-0.1, -0.05) is 48.5 Å². The molecule has 33 heavy (non-hydrogen) atoms. The number of amides is 2. The fourth-order valence-electron chi connectivity index (χ4n) is 3.45. The summed E-state index contributed by atoms with van der Waals surface area (Å²) >= 11 is 0. The summed E-state index contributed by atoms with van der Waals surface area (Å²) in [5.74, 6) is -0.474. The highest BCUT2D eigenvalue weighted by Gasteiger charge is 2.22. The monoisotopic (exact) mass is 444 g/mol. The maximum Gasteiger partial charge on any atom is 0.408 e. The molecule has 1 atom stereocenters. The number of ether oxygens (including phenoxy) is 1. The number of carbonyl (C=O) groups is 2. The second kappa shape index (κ2) is 10.3. The zero-order valence-electron chi connectivity index (χ0n) is 18.1. The van der Waals surface area contributed by atoms with Crippen LogP contribution in [0.2, 0.25) is 0 Å². The summed E-state index contributed by atoms with van der Waals surface area (Å²) in [6.07, 6.45) is 6.13. The van der Waals surface area contributed by atoms with Gasteiger partial charge >= 0.3 is 6.09 Å². The van der Waals surface area contributed by atoms with Gasteiger partial charge in [0, 0.05) is 48.0 Å². The summed E-state index contributed by atoms with van der Waals surface area (Å²) < 4.78 is 7.25. The van der Waals surface area contributed by atoms with Crippen molar-refractivity contribution in [1.82, 2.24) is 25.3 Å². The van der Waals surface area contributed by atoms with Gasteiger partial charge in [0.1, 0.15) is 12.6 Å². The molecule has 0 aliphatic heterocycles. The lowest BCUT2D eigenvalue weighted by Crippen LogP contribution is -2.47. The number of nitrogens with zero attached hydrogens (tertiary/aromatic N) is 3. The van der Waals surface area contributed by atoms with Gasteiger partial charge in [-0.05, 0) is 11.6 Å². The smallest absolute Gasteiger partial charge is 0.408 e. The van der Waals surface area contributed by atoms with Gasteiger partial charge in [0.2, 0.25) is 0 Å². The van der Waals surface area contributed by atoms with Gasteiger partial charge in [0.15, 0.2) is 0 Å². The number of H-pyrrole nitrogens is 1. The van der Waals surface area contributed by atoms with E-state index in [1.54, 1.807) is 12.4 Å². The summed E-state index contributed by atoms with van der Waals surface area (Å²) in [4.78, 5) is 32.0. The SMILES string of the molecule is Cn1cc(/C=N\NC(=O)[C@H](Cc2cnc[nH]2)NC(=O)OCc2ccccc2)c2ccccc21. The first-order valence-electron chi connectivity index (χ1n) is 10.4. The van der Waals surface area contributed by atoms with Crippen molar-refractivity contribution in [3.63, 3.8) is 0 Å². The highest BCUT2D eigenvalue weighted by atomic mass is 16.5. The fourth-order valence-corrected chi connectivity index (χ4v) is 3.45. The van der Waals surface area contributed by atoms with E-state index in [-0.39, 0.29) is 13.0 Å². The lowest BCUT2D eigenvalue weighted by atomic mass is 10.1. The molecule has 0 aliphatic rings. The first kappa shape index (κ1) is 21.8. The van der Waals surface area contributed by atoms with Crippen LogP contribution in [0.4, 0.5) is 4.79 Å². The number of aromatic nitrogens is 3. The van der Waals surface area contributed by atoms with Gasteiger partial charge in [-0.3, -0.25) is 4.79 Å². The zero-order valence-corrected chi connectivity index (χ0v) is 18.1. The number of alkyl carbamates (subject to hydrolysis) is 1. The molecule has 0 saturated heterocycles. The molecule has 0 radical (unpaired) electrons. The molecule has 0 fully saturated rings. The van der Waals surface area contributed by atoms with Gasteiger partial charge in [-0.2, -0.15) is 5.10 Å². The average molecular weight is 444 g/mol. The van der Waals surface area contributed by atoms with Crippen molar-refractivity contribution in [2.24, 2.45) is 12.1 Å². The number of hydrazone groups is 1. The van der Waals surface area contributed by atoms with E-state index in [1.807, 2.05) is 72.4 Å². The number of aromatic amines is 1. The molecule has 2 amide bonds. The third kappa shape index (κ3) is 5.65. The van der Waals surface area contributed by atoms with Crippen LogP contribution in [-0.2, 0) is 29.6 Å². The first-order chi connectivity index (χ1) is 16.1. The molecule has 0 aliphatic carbocycles. The number of aryl methyl sites for hydroxylation is 1. The van der Waals surface area contributed by atoms with E-state index in [0.29, 0.717) is 5.69 Å². The third-order valence-electron chi connectivity index (χ3n) is 5.11. The molecule has 3 N–H and O–H groups in total. The average Bonchev–Trinajstić information content (AvgIpc) is 3.46. The Morgan fingerprint density at radius 1 is 1.18 bits per heavy atom. The van der Waals surface area contributed by atoms with Crippen LogP contribution in [0.25, 0.3) is 10.9 Å². The number of nitrogens with one attached hydrogen (secondary N) is 3. The van der Waals surface area contributed by atoms with Gasteiger partial charge < -0.3 is 19.6 Å². The third-order valence-corrected chi connectivity index (χ3v) is 5.11. The molecular weight excluding hydrogens is 420 g/mol. The number of carbonyl (C=O) groups excluding carboxylic acids is 2. The van der Waals surface area contributed by atoms with Crippen LogP contribution in [-0.4, -0.2) is 38.8 Å². The van der Waals surface area contributed by atoms with Crippen LogP contribution >= 0.6 is 0 Å². The second-order valence-electron chi connectivity index (χ2n) is 7.49. The highest BCUT2D eigenvalue weighted by Crippen LogP contribution is 2.18. The molecule has 4 aromatic rings. The minimum atomic E-state index is -0.904.